The molecular formula is C29H35NO6. The SMILES string of the molecule is CCCC[C@@H]1C(=O)N[C@@]23C[C@@]45O/C(=C(/CC)CCC[C@H](OC)C(=O)[C@@]4(C)[C@@H]12)c1c(O)ccc(c15)C3=O. The monoisotopic (exact) mass is 493 g/mol. The molecule has 0 unspecified atom stereocenters. The van der Waals surface area contributed by atoms with Gasteiger partial charge in [0.1, 0.15) is 23.2 Å². The van der Waals surface area contributed by atoms with Crippen molar-refractivity contribution in [2.75, 3.05) is 7.11 Å². The maximum atomic E-state index is 14.6. The Morgan fingerprint density at radius 3 is 2.69 bits per heavy atom. The number of phenols is 1. The van der Waals surface area contributed by atoms with Crippen LogP contribution in [0.4, 0.5) is 0 Å². The number of hydrogen-bond acceptors (Lipinski definition) is 6. The van der Waals surface area contributed by atoms with Gasteiger partial charge in [-0.2, -0.15) is 0 Å². The fraction of sp³-hybridized carbons (Fsp3) is 0.621. The predicted molar refractivity (Wildman–Crippen MR) is 132 cm³/mol. The molecule has 36 heavy (non-hydrogen) atoms. The van der Waals surface area contributed by atoms with E-state index in [1.165, 1.54) is 0 Å². The fourth-order valence-electron chi connectivity index (χ4n) is 8.44. The number of allylic oxidation sites excluding steroid dienone is 1. The van der Waals surface area contributed by atoms with Gasteiger partial charge in [-0.15, -0.1) is 0 Å². The molecule has 7 heteroatoms. The predicted octanol–water partition coefficient (Wildman–Crippen LogP) is 4.40. The number of Topliss-reactive ketones (excluding diaryl/α,β-unsaturated/α-hetero) is 2. The van der Waals surface area contributed by atoms with E-state index in [-0.39, 0.29) is 29.6 Å². The molecule has 1 aromatic rings. The molecule has 6 atom stereocenters. The molecule has 6 rings (SSSR count). The number of carbonyl (C=O) groups excluding carboxylic acids is 3. The van der Waals surface area contributed by atoms with Crippen LogP contribution >= 0.6 is 0 Å². The van der Waals surface area contributed by atoms with Crippen molar-refractivity contribution in [3.8, 4) is 5.75 Å². The van der Waals surface area contributed by atoms with E-state index in [1.54, 1.807) is 19.2 Å². The van der Waals surface area contributed by atoms with Crippen LogP contribution in [-0.2, 0) is 24.7 Å². The number of ether oxygens (including phenoxy) is 2. The molecule has 1 saturated heterocycles. The minimum atomic E-state index is -1.21. The number of amides is 1. The zero-order chi connectivity index (χ0) is 25.6. The second-order valence-electron chi connectivity index (χ2n) is 11.5. The standard InChI is InChI=1S/C29H35NO6/c1-5-7-10-17-23-27(3)25(33)19(35-4)11-8-9-15(6-2)22-20-18(31)13-12-16-21(20)29(27,36-22)14-28(23,24(16)32)30-26(17)34/h12-13,17,19,23,31H,5-11,14H2,1-4H3,(H,30,34)/b22-15-/t17-,19-,23+,27+,28-,29-/m0/s1. The highest BCUT2D eigenvalue weighted by Crippen LogP contribution is 2.74. The summed E-state index contributed by atoms with van der Waals surface area (Å²) in [4.78, 5) is 42.4. The average Bonchev–Trinajstić information content (AvgIpc) is 3.41. The van der Waals surface area contributed by atoms with Crippen molar-refractivity contribution in [2.45, 2.75) is 89.4 Å². The number of nitrogens with one attached hydrogen (secondary N) is 1. The number of hydrogen-bond donors (Lipinski definition) is 2. The fourth-order valence-corrected chi connectivity index (χ4v) is 8.44. The zero-order valence-electron chi connectivity index (χ0n) is 21.5. The van der Waals surface area contributed by atoms with Crippen LogP contribution in [0.3, 0.4) is 0 Å². The summed E-state index contributed by atoms with van der Waals surface area (Å²) in [6.07, 6.45) is 4.63. The van der Waals surface area contributed by atoms with Crippen LogP contribution in [-0.4, -0.2) is 41.3 Å². The smallest absolute Gasteiger partial charge is 0.224 e. The van der Waals surface area contributed by atoms with Gasteiger partial charge in [0.25, 0.3) is 0 Å². The van der Waals surface area contributed by atoms with Crippen LogP contribution in [0.2, 0.25) is 0 Å². The van der Waals surface area contributed by atoms with E-state index < -0.39 is 34.5 Å². The molecule has 192 valence electrons. The van der Waals surface area contributed by atoms with Gasteiger partial charge in [0.05, 0.1) is 11.0 Å². The van der Waals surface area contributed by atoms with Crippen molar-refractivity contribution >= 4 is 23.2 Å². The molecule has 1 amide bonds. The van der Waals surface area contributed by atoms with E-state index in [4.69, 9.17) is 9.47 Å². The third-order valence-electron chi connectivity index (χ3n) is 10.00. The first-order valence-electron chi connectivity index (χ1n) is 13.4. The number of methoxy groups -OCH3 is 1. The van der Waals surface area contributed by atoms with E-state index in [9.17, 15) is 19.5 Å². The van der Waals surface area contributed by atoms with Crippen LogP contribution < -0.4 is 5.32 Å². The number of phenolic OH excluding ortho intramolecular Hbond substituents is 1. The summed E-state index contributed by atoms with van der Waals surface area (Å²) >= 11 is 0. The van der Waals surface area contributed by atoms with E-state index in [0.29, 0.717) is 41.7 Å². The third-order valence-corrected chi connectivity index (χ3v) is 10.00. The number of ketones is 2. The van der Waals surface area contributed by atoms with E-state index in [1.807, 2.05) is 6.92 Å². The second kappa shape index (κ2) is 7.67. The Balaban J connectivity index is 1.72. The van der Waals surface area contributed by atoms with Crippen LogP contribution in [0, 0.1) is 17.3 Å². The molecule has 5 aliphatic rings. The summed E-state index contributed by atoms with van der Waals surface area (Å²) in [6, 6.07) is 3.20. The van der Waals surface area contributed by atoms with Crippen molar-refractivity contribution < 1.29 is 29.0 Å². The van der Waals surface area contributed by atoms with Crippen LogP contribution in [0.5, 0.6) is 5.75 Å². The van der Waals surface area contributed by atoms with Gasteiger partial charge in [-0.05, 0) is 56.7 Å². The lowest BCUT2D eigenvalue weighted by Crippen LogP contribution is -2.54. The Labute approximate surface area is 211 Å². The summed E-state index contributed by atoms with van der Waals surface area (Å²) in [5, 5.41) is 14.2. The van der Waals surface area contributed by atoms with Crippen LogP contribution in [0.1, 0.15) is 93.6 Å². The van der Waals surface area contributed by atoms with Gasteiger partial charge in [0, 0.05) is 36.5 Å². The molecule has 2 aliphatic carbocycles. The second-order valence-corrected chi connectivity index (χ2v) is 11.5. The van der Waals surface area contributed by atoms with E-state index in [2.05, 4.69) is 19.2 Å². The van der Waals surface area contributed by atoms with Gasteiger partial charge < -0.3 is 19.9 Å². The van der Waals surface area contributed by atoms with Gasteiger partial charge in [-0.1, -0.05) is 26.7 Å². The Bertz CT molecular complexity index is 1230. The number of rotatable bonds is 5. The summed E-state index contributed by atoms with van der Waals surface area (Å²) in [7, 11) is 1.56. The molecule has 2 spiro atoms. The minimum absolute atomic E-state index is 0.0660. The molecule has 3 bridgehead atoms. The van der Waals surface area contributed by atoms with Crippen molar-refractivity contribution in [3.05, 3.63) is 34.4 Å². The van der Waals surface area contributed by atoms with E-state index >= 15 is 0 Å². The van der Waals surface area contributed by atoms with E-state index in [0.717, 1.165) is 31.3 Å². The number of unbranched alkanes of at least 4 members (excludes halogenated alkanes) is 1. The Hall–Kier alpha value is -2.67. The molecule has 1 saturated carbocycles. The minimum Gasteiger partial charge on any atom is -0.507 e. The Morgan fingerprint density at radius 1 is 1.22 bits per heavy atom. The molecule has 1 aromatic carbocycles. The van der Waals surface area contributed by atoms with Crippen molar-refractivity contribution in [2.24, 2.45) is 17.3 Å². The molecule has 2 N–H and O–H groups in total. The first-order valence-corrected chi connectivity index (χ1v) is 13.4. The Kier molecular flexibility index (Phi) is 5.05. The Morgan fingerprint density at radius 2 is 2.00 bits per heavy atom. The molecule has 7 nitrogen and oxygen atoms in total. The first kappa shape index (κ1) is 23.7. The summed E-state index contributed by atoms with van der Waals surface area (Å²) < 4.78 is 12.8. The number of aromatic hydroxyl groups is 1. The molecule has 0 aromatic heterocycles. The molecule has 3 aliphatic heterocycles. The molecule has 2 fully saturated rings. The summed E-state index contributed by atoms with van der Waals surface area (Å²) in [6.45, 7) is 6.04. The van der Waals surface area contributed by atoms with Gasteiger partial charge in [0.2, 0.25) is 5.91 Å². The zero-order valence-corrected chi connectivity index (χ0v) is 21.5. The first-order chi connectivity index (χ1) is 17.2. The molecule has 0 radical (unpaired) electrons. The van der Waals surface area contributed by atoms with Gasteiger partial charge in [-0.3, -0.25) is 14.4 Å². The number of fused-ring (bicyclic) bond motifs is 3. The highest BCUT2D eigenvalue weighted by Gasteiger charge is 2.83. The lowest BCUT2D eigenvalue weighted by atomic mass is 9.60. The summed E-state index contributed by atoms with van der Waals surface area (Å²) in [5.41, 5.74) is -0.871. The number of carbonyl (C=O) groups is 3. The lowest BCUT2D eigenvalue weighted by molar-refractivity contribution is -0.159. The largest absolute Gasteiger partial charge is 0.507 e. The average molecular weight is 494 g/mol. The van der Waals surface area contributed by atoms with Crippen molar-refractivity contribution in [1.29, 1.82) is 0 Å². The van der Waals surface area contributed by atoms with Crippen molar-refractivity contribution in [1.82, 2.24) is 5.32 Å². The normalized spacial score (nSPS) is 40.2. The van der Waals surface area contributed by atoms with Gasteiger partial charge in [0.15, 0.2) is 17.2 Å². The molecule has 3 heterocycles. The lowest BCUT2D eigenvalue weighted by Gasteiger charge is -2.45. The third kappa shape index (κ3) is 2.50. The number of benzene rings is 1. The summed E-state index contributed by atoms with van der Waals surface area (Å²) in [5.74, 6) is -0.783. The van der Waals surface area contributed by atoms with Crippen molar-refractivity contribution in [3.63, 3.8) is 0 Å². The quantitative estimate of drug-likeness (QED) is 0.630. The highest BCUT2D eigenvalue weighted by atomic mass is 16.5. The van der Waals surface area contributed by atoms with Gasteiger partial charge >= 0.3 is 0 Å². The topological polar surface area (TPSA) is 102 Å². The maximum Gasteiger partial charge on any atom is 0.224 e. The van der Waals surface area contributed by atoms with Crippen LogP contribution in [0.15, 0.2) is 17.7 Å². The maximum absolute atomic E-state index is 14.6. The highest BCUT2D eigenvalue weighted by molar-refractivity contribution is 6.14. The van der Waals surface area contributed by atoms with Crippen LogP contribution in [0.25, 0.3) is 5.76 Å². The van der Waals surface area contributed by atoms with Gasteiger partial charge in [-0.25, -0.2) is 0 Å². The molecular weight excluding hydrogens is 458 g/mol.